The van der Waals surface area contributed by atoms with E-state index in [2.05, 4.69) is 0 Å². The van der Waals surface area contributed by atoms with Crippen molar-refractivity contribution >= 4 is 16.0 Å². The number of carboxylic acid groups (broad SMARTS) is 1. The molecule has 2 atom stereocenters. The maximum atomic E-state index is 11.4. The Hall–Kier alpha value is -0.620. The molecule has 0 aromatic rings. The third-order valence-electron chi connectivity index (χ3n) is 3.28. The summed E-state index contributed by atoms with van der Waals surface area (Å²) in [6, 6.07) is 0. The molecule has 0 amide bonds. The van der Waals surface area contributed by atoms with Crippen LogP contribution in [0.15, 0.2) is 0 Å². The van der Waals surface area contributed by atoms with E-state index >= 15 is 0 Å². The Bertz CT molecular complexity index is 352. The zero-order chi connectivity index (χ0) is 12.3. The van der Waals surface area contributed by atoms with E-state index in [1.165, 1.54) is 10.6 Å². The van der Waals surface area contributed by atoms with Gasteiger partial charge in [0, 0.05) is 19.5 Å². The van der Waals surface area contributed by atoms with Gasteiger partial charge in [-0.3, -0.25) is 4.79 Å². The second-order valence-electron chi connectivity index (χ2n) is 4.44. The lowest BCUT2D eigenvalue weighted by atomic mass is 9.82. The number of rotatable bonds is 4. The van der Waals surface area contributed by atoms with Crippen LogP contribution in [-0.2, 0) is 14.8 Å². The fourth-order valence-electron chi connectivity index (χ4n) is 2.30. The molecule has 0 aromatic carbocycles. The predicted molar refractivity (Wildman–Crippen MR) is 60.6 cm³/mol. The average molecular weight is 249 g/mol. The van der Waals surface area contributed by atoms with E-state index in [-0.39, 0.29) is 18.3 Å². The molecule has 0 aliphatic carbocycles. The Morgan fingerprint density at radius 3 is 2.50 bits per heavy atom. The highest BCUT2D eigenvalue weighted by atomic mass is 32.2. The highest BCUT2D eigenvalue weighted by Gasteiger charge is 2.32. The van der Waals surface area contributed by atoms with Gasteiger partial charge in [0.2, 0.25) is 10.0 Å². The first-order valence-corrected chi connectivity index (χ1v) is 7.36. The molecule has 1 N–H and O–H groups in total. The highest BCUT2D eigenvalue weighted by Crippen LogP contribution is 2.29. The van der Waals surface area contributed by atoms with Crippen LogP contribution in [0.2, 0.25) is 0 Å². The number of sulfonamides is 1. The Balaban J connectivity index is 2.67. The number of nitrogens with zero attached hydrogens (tertiary/aromatic N) is 1. The van der Waals surface area contributed by atoms with Crippen molar-refractivity contribution in [3.05, 3.63) is 0 Å². The average Bonchev–Trinajstić information content (AvgIpc) is 2.15. The molecule has 0 aromatic heterocycles. The van der Waals surface area contributed by atoms with Gasteiger partial charge >= 0.3 is 5.97 Å². The van der Waals surface area contributed by atoms with Crippen LogP contribution >= 0.6 is 0 Å². The van der Waals surface area contributed by atoms with Gasteiger partial charge < -0.3 is 5.11 Å². The molecule has 1 rings (SSSR count). The molecule has 1 fully saturated rings. The van der Waals surface area contributed by atoms with Crippen molar-refractivity contribution in [2.75, 3.05) is 19.3 Å². The molecule has 0 bridgehead atoms. The number of piperidine rings is 1. The first-order chi connectivity index (χ1) is 7.34. The number of aliphatic carboxylic acids is 1. The Labute approximate surface area is 96.5 Å². The summed E-state index contributed by atoms with van der Waals surface area (Å²) >= 11 is 0. The molecule has 94 valence electrons. The minimum absolute atomic E-state index is 0.112. The molecule has 0 saturated carbocycles. The summed E-state index contributed by atoms with van der Waals surface area (Å²) in [5.41, 5.74) is 0. The maximum absolute atomic E-state index is 11.4. The van der Waals surface area contributed by atoms with Gasteiger partial charge in [0.05, 0.1) is 6.26 Å². The van der Waals surface area contributed by atoms with Crippen molar-refractivity contribution in [1.29, 1.82) is 0 Å². The van der Waals surface area contributed by atoms with Crippen LogP contribution in [0.3, 0.4) is 0 Å². The van der Waals surface area contributed by atoms with Crippen LogP contribution in [0.1, 0.15) is 26.2 Å². The van der Waals surface area contributed by atoms with E-state index in [4.69, 9.17) is 5.11 Å². The molecular weight excluding hydrogens is 230 g/mol. The summed E-state index contributed by atoms with van der Waals surface area (Å²) < 4.78 is 24.2. The number of hydrogen-bond donors (Lipinski definition) is 1. The van der Waals surface area contributed by atoms with Crippen LogP contribution in [0.25, 0.3) is 0 Å². The molecule has 16 heavy (non-hydrogen) atoms. The lowest BCUT2D eigenvalue weighted by molar-refractivity contribution is -0.138. The third-order valence-corrected chi connectivity index (χ3v) is 4.55. The monoisotopic (exact) mass is 249 g/mol. The molecule has 1 aliphatic heterocycles. The van der Waals surface area contributed by atoms with Crippen molar-refractivity contribution in [3.8, 4) is 0 Å². The summed E-state index contributed by atoms with van der Waals surface area (Å²) in [6.07, 6.45) is 2.83. The molecule has 5 nitrogen and oxygen atoms in total. The first-order valence-electron chi connectivity index (χ1n) is 5.51. The zero-order valence-electron chi connectivity index (χ0n) is 9.72. The number of carbonyl (C=O) groups is 1. The Morgan fingerprint density at radius 1 is 1.44 bits per heavy atom. The van der Waals surface area contributed by atoms with E-state index in [0.717, 1.165) is 6.42 Å². The number of carboxylic acids is 1. The molecule has 6 heteroatoms. The van der Waals surface area contributed by atoms with Crippen molar-refractivity contribution < 1.29 is 18.3 Å². The van der Waals surface area contributed by atoms with Gasteiger partial charge in [-0.05, 0) is 18.3 Å². The van der Waals surface area contributed by atoms with Crippen molar-refractivity contribution in [2.24, 2.45) is 11.8 Å². The van der Waals surface area contributed by atoms with Crippen LogP contribution in [-0.4, -0.2) is 43.1 Å². The second kappa shape index (κ2) is 5.14. The van der Waals surface area contributed by atoms with E-state index in [1.54, 1.807) is 0 Å². The number of hydrogen-bond acceptors (Lipinski definition) is 3. The molecule has 1 saturated heterocycles. The van der Waals surface area contributed by atoms with Crippen LogP contribution in [0, 0.1) is 11.8 Å². The standard InChI is InChI=1S/C10H19NO4S/c1-3-8-7-11(16(2,14)15)5-4-9(8)6-10(12)13/h8-9H,3-7H2,1-2H3,(H,12,13). The van der Waals surface area contributed by atoms with Crippen LogP contribution < -0.4 is 0 Å². The maximum Gasteiger partial charge on any atom is 0.303 e. The van der Waals surface area contributed by atoms with E-state index < -0.39 is 16.0 Å². The Morgan fingerprint density at radius 2 is 2.06 bits per heavy atom. The van der Waals surface area contributed by atoms with Gasteiger partial charge in [0.25, 0.3) is 0 Å². The minimum Gasteiger partial charge on any atom is -0.481 e. The normalized spacial score (nSPS) is 27.9. The third kappa shape index (κ3) is 3.45. The van der Waals surface area contributed by atoms with Gasteiger partial charge in [0.1, 0.15) is 0 Å². The molecule has 0 spiro atoms. The van der Waals surface area contributed by atoms with E-state index in [9.17, 15) is 13.2 Å². The molecule has 1 heterocycles. The fraction of sp³-hybridized carbons (Fsp3) is 0.900. The fourth-order valence-corrected chi connectivity index (χ4v) is 3.20. The topological polar surface area (TPSA) is 74.7 Å². The minimum atomic E-state index is -3.13. The largest absolute Gasteiger partial charge is 0.481 e. The zero-order valence-corrected chi connectivity index (χ0v) is 10.5. The summed E-state index contributed by atoms with van der Waals surface area (Å²) in [5.74, 6) is -0.517. The highest BCUT2D eigenvalue weighted by molar-refractivity contribution is 7.88. The van der Waals surface area contributed by atoms with Crippen LogP contribution in [0.4, 0.5) is 0 Å². The van der Waals surface area contributed by atoms with Crippen LogP contribution in [0.5, 0.6) is 0 Å². The summed E-state index contributed by atoms with van der Waals surface area (Å²) in [7, 11) is -3.13. The lowest BCUT2D eigenvalue weighted by Crippen LogP contribution is -2.43. The quantitative estimate of drug-likeness (QED) is 0.798. The van der Waals surface area contributed by atoms with Gasteiger partial charge in [-0.1, -0.05) is 13.3 Å². The van der Waals surface area contributed by atoms with E-state index in [1.807, 2.05) is 6.92 Å². The van der Waals surface area contributed by atoms with Crippen molar-refractivity contribution in [2.45, 2.75) is 26.2 Å². The van der Waals surface area contributed by atoms with Gasteiger partial charge in [-0.25, -0.2) is 12.7 Å². The molecule has 1 aliphatic rings. The Kier molecular flexibility index (Phi) is 4.32. The summed E-state index contributed by atoms with van der Waals surface area (Å²) in [4.78, 5) is 10.7. The van der Waals surface area contributed by atoms with Crippen molar-refractivity contribution in [3.63, 3.8) is 0 Å². The predicted octanol–water partition coefficient (Wildman–Crippen LogP) is 0.769. The van der Waals surface area contributed by atoms with Gasteiger partial charge in [-0.2, -0.15) is 0 Å². The SMILES string of the molecule is CCC1CN(S(C)(=O)=O)CCC1CC(=O)O. The second-order valence-corrected chi connectivity index (χ2v) is 6.42. The van der Waals surface area contributed by atoms with Gasteiger partial charge in [-0.15, -0.1) is 0 Å². The molecule has 2 unspecified atom stereocenters. The smallest absolute Gasteiger partial charge is 0.303 e. The first kappa shape index (κ1) is 13.4. The molecular formula is C10H19NO4S. The molecule has 0 radical (unpaired) electrons. The van der Waals surface area contributed by atoms with E-state index in [0.29, 0.717) is 19.5 Å². The summed E-state index contributed by atoms with van der Waals surface area (Å²) in [6.45, 7) is 2.89. The van der Waals surface area contributed by atoms with Gasteiger partial charge in [0.15, 0.2) is 0 Å². The summed E-state index contributed by atoms with van der Waals surface area (Å²) in [5, 5.41) is 8.77. The van der Waals surface area contributed by atoms with Crippen molar-refractivity contribution in [1.82, 2.24) is 4.31 Å². The lowest BCUT2D eigenvalue weighted by Gasteiger charge is -2.36.